The molecule has 0 aliphatic carbocycles. The molecule has 0 aliphatic heterocycles. The van der Waals surface area contributed by atoms with Crippen LogP contribution in [0.4, 0.5) is 0 Å². The van der Waals surface area contributed by atoms with Crippen molar-refractivity contribution in [1.82, 2.24) is 9.55 Å². The third-order valence-electron chi connectivity index (χ3n) is 5.58. The van der Waals surface area contributed by atoms with E-state index >= 15 is 0 Å². The second kappa shape index (κ2) is 11.0. The van der Waals surface area contributed by atoms with Gasteiger partial charge in [0.05, 0.1) is 23.7 Å². The number of esters is 1. The van der Waals surface area contributed by atoms with Crippen LogP contribution in [0.1, 0.15) is 45.1 Å². The van der Waals surface area contributed by atoms with Crippen LogP contribution in [0.3, 0.4) is 0 Å². The molecule has 1 aromatic heterocycles. The van der Waals surface area contributed by atoms with Crippen LogP contribution in [0, 0.1) is 6.92 Å². The summed E-state index contributed by atoms with van der Waals surface area (Å²) in [6.07, 6.45) is 3.03. The summed E-state index contributed by atoms with van der Waals surface area (Å²) >= 11 is 0. The van der Waals surface area contributed by atoms with E-state index in [0.717, 1.165) is 53.1 Å². The Balaban J connectivity index is 1.50. The maximum atomic E-state index is 11.6. The Hall–Kier alpha value is -3.60. The number of carbonyl (C=O) groups is 1. The number of benzene rings is 3. The molecule has 0 saturated carbocycles. The topological polar surface area (TPSA) is 53.4 Å². The summed E-state index contributed by atoms with van der Waals surface area (Å²) in [5, 5.41) is 0. The van der Waals surface area contributed by atoms with Crippen molar-refractivity contribution in [3.63, 3.8) is 0 Å². The molecule has 0 unspecified atom stereocenters. The third kappa shape index (κ3) is 5.84. The summed E-state index contributed by atoms with van der Waals surface area (Å²) in [5.74, 6) is 1.60. The van der Waals surface area contributed by atoms with Crippen LogP contribution in [0.15, 0.2) is 72.8 Å². The molecule has 5 nitrogen and oxygen atoms in total. The SMILES string of the molecule is Cc1cccc(-n2c(-c3ccccc3)nc3ccc(OCCCCCC(=O)OC(C)C)cc32)c1. The second-order valence-electron chi connectivity index (χ2n) is 8.82. The zero-order chi connectivity index (χ0) is 23.9. The molecule has 34 heavy (non-hydrogen) atoms. The number of fused-ring (bicyclic) bond motifs is 1. The van der Waals surface area contributed by atoms with Gasteiger partial charge in [-0.15, -0.1) is 0 Å². The highest BCUT2D eigenvalue weighted by atomic mass is 16.5. The molecule has 0 bridgehead atoms. The summed E-state index contributed by atoms with van der Waals surface area (Å²) in [4.78, 5) is 16.6. The number of carbonyl (C=O) groups excluding carboxylic acids is 1. The van der Waals surface area contributed by atoms with Crippen molar-refractivity contribution < 1.29 is 14.3 Å². The highest BCUT2D eigenvalue weighted by Gasteiger charge is 2.15. The van der Waals surface area contributed by atoms with Gasteiger partial charge in [0.15, 0.2) is 0 Å². The molecule has 0 N–H and O–H groups in total. The van der Waals surface area contributed by atoms with Crippen LogP contribution in [-0.4, -0.2) is 28.2 Å². The number of unbranched alkanes of at least 4 members (excludes halogenated alkanes) is 2. The highest BCUT2D eigenvalue weighted by Crippen LogP contribution is 2.31. The standard InChI is InChI=1S/C29H32N2O3/c1-21(2)34-28(32)15-8-5-9-18-33-25-16-17-26-27(20-25)31(24-14-10-11-22(3)19-24)29(30-26)23-12-6-4-7-13-23/h4,6-7,10-14,16-17,19-21H,5,8-9,15,18H2,1-3H3. The molecular formula is C29H32N2O3. The second-order valence-corrected chi connectivity index (χ2v) is 8.82. The fourth-order valence-electron chi connectivity index (χ4n) is 4.01. The van der Waals surface area contributed by atoms with Crippen LogP contribution in [0.5, 0.6) is 5.75 Å². The monoisotopic (exact) mass is 456 g/mol. The maximum absolute atomic E-state index is 11.6. The minimum Gasteiger partial charge on any atom is -0.494 e. The lowest BCUT2D eigenvalue weighted by Gasteiger charge is -2.11. The van der Waals surface area contributed by atoms with E-state index in [9.17, 15) is 4.79 Å². The first-order valence-electron chi connectivity index (χ1n) is 12.0. The average molecular weight is 457 g/mol. The van der Waals surface area contributed by atoms with Crippen LogP contribution in [0.2, 0.25) is 0 Å². The van der Waals surface area contributed by atoms with Gasteiger partial charge in [-0.05, 0) is 69.9 Å². The first-order valence-corrected chi connectivity index (χ1v) is 12.0. The molecular weight excluding hydrogens is 424 g/mol. The molecule has 0 spiro atoms. The molecule has 4 rings (SSSR count). The highest BCUT2D eigenvalue weighted by molar-refractivity contribution is 5.84. The Kier molecular flexibility index (Phi) is 7.63. The summed E-state index contributed by atoms with van der Waals surface area (Å²) < 4.78 is 13.4. The number of nitrogens with zero attached hydrogens (tertiary/aromatic N) is 2. The normalized spacial score (nSPS) is 11.2. The number of rotatable bonds is 10. The molecule has 0 fully saturated rings. The first-order chi connectivity index (χ1) is 16.5. The lowest BCUT2D eigenvalue weighted by Crippen LogP contribution is -2.11. The number of aryl methyl sites for hydroxylation is 1. The van der Waals surface area contributed by atoms with Crippen molar-refractivity contribution in [1.29, 1.82) is 0 Å². The van der Waals surface area contributed by atoms with Crippen molar-refractivity contribution >= 4 is 17.0 Å². The fraction of sp³-hybridized carbons (Fsp3) is 0.310. The number of ether oxygens (including phenoxy) is 2. The zero-order valence-corrected chi connectivity index (χ0v) is 20.2. The molecule has 5 heteroatoms. The molecule has 176 valence electrons. The lowest BCUT2D eigenvalue weighted by molar-refractivity contribution is -0.147. The van der Waals surface area contributed by atoms with Gasteiger partial charge in [0.25, 0.3) is 0 Å². The quantitative estimate of drug-likeness (QED) is 0.193. The van der Waals surface area contributed by atoms with Crippen molar-refractivity contribution in [3.05, 3.63) is 78.4 Å². The Morgan fingerprint density at radius 2 is 1.76 bits per heavy atom. The average Bonchev–Trinajstić information content (AvgIpc) is 3.20. The van der Waals surface area contributed by atoms with E-state index < -0.39 is 0 Å². The predicted molar refractivity (Wildman–Crippen MR) is 136 cm³/mol. The van der Waals surface area contributed by atoms with E-state index in [1.807, 2.05) is 44.2 Å². The van der Waals surface area contributed by atoms with Crippen LogP contribution >= 0.6 is 0 Å². The fourth-order valence-corrected chi connectivity index (χ4v) is 4.01. The Morgan fingerprint density at radius 1 is 0.941 bits per heavy atom. The van der Waals surface area contributed by atoms with E-state index in [-0.39, 0.29) is 12.1 Å². The Bertz CT molecular complexity index is 1240. The van der Waals surface area contributed by atoms with E-state index in [4.69, 9.17) is 14.5 Å². The zero-order valence-electron chi connectivity index (χ0n) is 20.2. The summed E-state index contributed by atoms with van der Waals surface area (Å²) in [7, 11) is 0. The third-order valence-corrected chi connectivity index (χ3v) is 5.58. The van der Waals surface area contributed by atoms with E-state index in [2.05, 4.69) is 54.0 Å². The number of hydrogen-bond acceptors (Lipinski definition) is 4. The molecule has 3 aromatic carbocycles. The Morgan fingerprint density at radius 3 is 2.53 bits per heavy atom. The minimum atomic E-state index is -0.125. The van der Waals surface area contributed by atoms with Crippen molar-refractivity contribution in [2.75, 3.05) is 6.61 Å². The predicted octanol–water partition coefficient (Wildman–Crippen LogP) is 6.89. The van der Waals surface area contributed by atoms with Gasteiger partial charge < -0.3 is 9.47 Å². The number of aromatic nitrogens is 2. The smallest absolute Gasteiger partial charge is 0.306 e. The van der Waals surface area contributed by atoms with Gasteiger partial charge in [-0.3, -0.25) is 9.36 Å². The molecule has 0 radical (unpaired) electrons. The van der Waals surface area contributed by atoms with Crippen molar-refractivity contribution in [2.24, 2.45) is 0 Å². The van der Waals surface area contributed by atoms with Gasteiger partial charge in [-0.2, -0.15) is 0 Å². The van der Waals surface area contributed by atoms with Crippen LogP contribution < -0.4 is 4.74 Å². The number of imidazole rings is 1. The van der Waals surface area contributed by atoms with Gasteiger partial charge in [-0.1, -0.05) is 42.5 Å². The molecule has 4 aromatic rings. The lowest BCUT2D eigenvalue weighted by atomic mass is 10.2. The molecule has 0 saturated heterocycles. The largest absolute Gasteiger partial charge is 0.494 e. The Labute approximate surface area is 201 Å². The van der Waals surface area contributed by atoms with Crippen molar-refractivity contribution in [2.45, 2.75) is 52.6 Å². The molecule has 0 atom stereocenters. The first kappa shape index (κ1) is 23.6. The van der Waals surface area contributed by atoms with Gasteiger partial charge in [-0.25, -0.2) is 4.98 Å². The van der Waals surface area contributed by atoms with E-state index in [1.54, 1.807) is 0 Å². The van der Waals surface area contributed by atoms with Crippen LogP contribution in [0.25, 0.3) is 28.1 Å². The van der Waals surface area contributed by atoms with Gasteiger partial charge >= 0.3 is 5.97 Å². The van der Waals surface area contributed by atoms with Crippen molar-refractivity contribution in [3.8, 4) is 22.8 Å². The maximum Gasteiger partial charge on any atom is 0.306 e. The summed E-state index contributed by atoms with van der Waals surface area (Å²) in [6, 6.07) is 24.8. The van der Waals surface area contributed by atoms with Gasteiger partial charge in [0.2, 0.25) is 0 Å². The van der Waals surface area contributed by atoms with E-state index in [0.29, 0.717) is 13.0 Å². The molecule has 1 heterocycles. The molecule has 0 amide bonds. The summed E-state index contributed by atoms with van der Waals surface area (Å²) in [6.45, 7) is 6.45. The van der Waals surface area contributed by atoms with Gasteiger partial charge in [0.1, 0.15) is 11.6 Å². The number of hydrogen-bond donors (Lipinski definition) is 0. The van der Waals surface area contributed by atoms with E-state index in [1.165, 1.54) is 5.56 Å². The minimum absolute atomic E-state index is 0.0543. The van der Waals surface area contributed by atoms with Crippen LogP contribution in [-0.2, 0) is 9.53 Å². The van der Waals surface area contributed by atoms with Gasteiger partial charge in [0, 0.05) is 23.7 Å². The molecule has 0 aliphatic rings. The summed E-state index contributed by atoms with van der Waals surface area (Å²) in [5.41, 5.74) is 5.28.